The largest absolute Gasteiger partial charge is 0.573 e. The predicted molar refractivity (Wildman–Crippen MR) is 52.8 cm³/mol. The van der Waals surface area contributed by atoms with Gasteiger partial charge in [0.1, 0.15) is 11.5 Å². The summed E-state index contributed by atoms with van der Waals surface area (Å²) in [5.41, 5.74) is 0. The minimum absolute atomic E-state index is 0.137. The lowest BCUT2D eigenvalue weighted by atomic mass is 10.3. The fourth-order valence-electron chi connectivity index (χ4n) is 0.901. The number of amides is 1. The van der Waals surface area contributed by atoms with E-state index >= 15 is 0 Å². The van der Waals surface area contributed by atoms with Gasteiger partial charge in [-0.3, -0.25) is 0 Å². The molecule has 0 radical (unpaired) electrons. The van der Waals surface area contributed by atoms with Gasteiger partial charge in [0.2, 0.25) is 0 Å². The summed E-state index contributed by atoms with van der Waals surface area (Å²) in [4.78, 5) is 12.3. The average molecular weight is 249 g/mol. The first-order valence-corrected chi connectivity index (χ1v) is 4.53. The lowest BCUT2D eigenvalue weighted by Crippen LogP contribution is -2.25. The standard InChI is InChI=1S/C10H10F3NO3/c1-14(2)9(15)16-7-3-5-8(6-4-7)17-10(11,12)13/h3-6H,1-2H3. The second-order valence-corrected chi connectivity index (χ2v) is 3.28. The Bertz CT molecular complexity index is 387. The molecule has 0 bridgehead atoms. The fourth-order valence-corrected chi connectivity index (χ4v) is 0.901. The zero-order chi connectivity index (χ0) is 13.1. The molecule has 0 spiro atoms. The van der Waals surface area contributed by atoms with Crippen LogP contribution in [0.4, 0.5) is 18.0 Å². The molecule has 1 aromatic carbocycles. The Morgan fingerprint density at radius 1 is 1.12 bits per heavy atom. The summed E-state index contributed by atoms with van der Waals surface area (Å²) in [5.74, 6) is -0.236. The van der Waals surface area contributed by atoms with Crippen molar-refractivity contribution in [2.75, 3.05) is 14.1 Å². The van der Waals surface area contributed by atoms with Crippen LogP contribution in [0, 0.1) is 0 Å². The van der Waals surface area contributed by atoms with Crippen LogP contribution < -0.4 is 9.47 Å². The molecular weight excluding hydrogens is 239 g/mol. The number of carbonyl (C=O) groups is 1. The Morgan fingerprint density at radius 3 is 2.00 bits per heavy atom. The fraction of sp³-hybridized carbons (Fsp3) is 0.300. The Balaban J connectivity index is 2.65. The normalized spacial score (nSPS) is 10.9. The van der Waals surface area contributed by atoms with E-state index in [0.717, 1.165) is 12.1 Å². The van der Waals surface area contributed by atoms with Crippen LogP contribution in [-0.4, -0.2) is 31.5 Å². The Morgan fingerprint density at radius 2 is 1.59 bits per heavy atom. The van der Waals surface area contributed by atoms with Gasteiger partial charge in [-0.05, 0) is 24.3 Å². The Hall–Kier alpha value is -1.92. The van der Waals surface area contributed by atoms with Gasteiger partial charge in [-0.25, -0.2) is 4.79 Å². The molecule has 0 heterocycles. The van der Waals surface area contributed by atoms with E-state index in [2.05, 4.69) is 4.74 Å². The first kappa shape index (κ1) is 13.1. The summed E-state index contributed by atoms with van der Waals surface area (Å²) in [6.45, 7) is 0. The SMILES string of the molecule is CN(C)C(=O)Oc1ccc(OC(F)(F)F)cc1. The smallest absolute Gasteiger partial charge is 0.410 e. The molecule has 0 aliphatic rings. The molecule has 4 nitrogen and oxygen atoms in total. The van der Waals surface area contributed by atoms with Gasteiger partial charge < -0.3 is 14.4 Å². The highest BCUT2D eigenvalue weighted by Gasteiger charge is 2.30. The molecule has 94 valence electrons. The molecule has 7 heteroatoms. The molecule has 1 aromatic rings. The van der Waals surface area contributed by atoms with E-state index in [-0.39, 0.29) is 11.5 Å². The van der Waals surface area contributed by atoms with E-state index in [0.29, 0.717) is 0 Å². The second kappa shape index (κ2) is 4.94. The van der Waals surface area contributed by atoms with Gasteiger partial charge in [0.25, 0.3) is 0 Å². The highest BCUT2D eigenvalue weighted by Crippen LogP contribution is 2.24. The van der Waals surface area contributed by atoms with E-state index in [4.69, 9.17) is 4.74 Å². The maximum atomic E-state index is 11.8. The van der Waals surface area contributed by atoms with Gasteiger partial charge in [0.05, 0.1) is 0 Å². The van der Waals surface area contributed by atoms with Crippen LogP contribution in [0.15, 0.2) is 24.3 Å². The van der Waals surface area contributed by atoms with Gasteiger partial charge in [0, 0.05) is 14.1 Å². The molecule has 0 aromatic heterocycles. The van der Waals surface area contributed by atoms with Crippen LogP contribution in [0.1, 0.15) is 0 Å². The molecule has 1 rings (SSSR count). The zero-order valence-electron chi connectivity index (χ0n) is 9.12. The molecule has 17 heavy (non-hydrogen) atoms. The lowest BCUT2D eigenvalue weighted by Gasteiger charge is -2.11. The van der Waals surface area contributed by atoms with Crippen molar-refractivity contribution in [3.05, 3.63) is 24.3 Å². The number of hydrogen-bond acceptors (Lipinski definition) is 3. The average Bonchev–Trinajstić information content (AvgIpc) is 2.18. The van der Waals surface area contributed by atoms with Gasteiger partial charge >= 0.3 is 12.5 Å². The first-order valence-electron chi connectivity index (χ1n) is 4.53. The van der Waals surface area contributed by atoms with Crippen molar-refractivity contribution in [3.63, 3.8) is 0 Å². The van der Waals surface area contributed by atoms with Crippen LogP contribution in [0.5, 0.6) is 11.5 Å². The van der Waals surface area contributed by atoms with Crippen molar-refractivity contribution in [2.45, 2.75) is 6.36 Å². The maximum absolute atomic E-state index is 11.8. The van der Waals surface area contributed by atoms with Crippen molar-refractivity contribution in [3.8, 4) is 11.5 Å². The van der Waals surface area contributed by atoms with Gasteiger partial charge in [-0.15, -0.1) is 13.2 Å². The topological polar surface area (TPSA) is 38.8 Å². The molecule has 0 fully saturated rings. The molecule has 1 amide bonds. The zero-order valence-corrected chi connectivity index (χ0v) is 9.12. The predicted octanol–water partition coefficient (Wildman–Crippen LogP) is 2.65. The van der Waals surface area contributed by atoms with Gasteiger partial charge in [-0.1, -0.05) is 0 Å². The van der Waals surface area contributed by atoms with Crippen molar-refractivity contribution < 1.29 is 27.4 Å². The third-order valence-corrected chi connectivity index (χ3v) is 1.63. The number of rotatable bonds is 2. The molecule has 0 unspecified atom stereocenters. The molecule has 0 saturated heterocycles. The number of alkyl halides is 3. The summed E-state index contributed by atoms with van der Waals surface area (Å²) in [6.07, 6.45) is -5.35. The van der Waals surface area contributed by atoms with Crippen molar-refractivity contribution in [1.29, 1.82) is 0 Å². The molecule has 0 aliphatic carbocycles. The highest BCUT2D eigenvalue weighted by atomic mass is 19.4. The summed E-state index contributed by atoms with van der Waals surface area (Å²) in [6, 6.07) is 4.54. The number of nitrogens with zero attached hydrogens (tertiary/aromatic N) is 1. The number of ether oxygens (including phenoxy) is 2. The molecular formula is C10H10F3NO3. The minimum Gasteiger partial charge on any atom is -0.410 e. The van der Waals surface area contributed by atoms with Crippen molar-refractivity contribution >= 4 is 6.09 Å². The third kappa shape index (κ3) is 4.62. The van der Waals surface area contributed by atoms with Crippen LogP contribution in [0.2, 0.25) is 0 Å². The number of halogens is 3. The van der Waals surface area contributed by atoms with Crippen LogP contribution >= 0.6 is 0 Å². The van der Waals surface area contributed by atoms with Crippen LogP contribution in [0.25, 0.3) is 0 Å². The van der Waals surface area contributed by atoms with Gasteiger partial charge in [-0.2, -0.15) is 0 Å². The summed E-state index contributed by atoms with van der Waals surface area (Å²) >= 11 is 0. The number of benzene rings is 1. The summed E-state index contributed by atoms with van der Waals surface area (Å²) in [5, 5.41) is 0. The van der Waals surface area contributed by atoms with Crippen molar-refractivity contribution in [1.82, 2.24) is 4.90 Å². The quantitative estimate of drug-likeness (QED) is 0.808. The van der Waals surface area contributed by atoms with E-state index in [1.54, 1.807) is 0 Å². The van der Waals surface area contributed by atoms with Crippen LogP contribution in [-0.2, 0) is 0 Å². The third-order valence-electron chi connectivity index (χ3n) is 1.63. The van der Waals surface area contributed by atoms with E-state index in [9.17, 15) is 18.0 Å². The first-order chi connectivity index (χ1) is 7.78. The monoisotopic (exact) mass is 249 g/mol. The van der Waals surface area contributed by atoms with E-state index in [1.807, 2.05) is 0 Å². The molecule has 0 saturated carbocycles. The maximum Gasteiger partial charge on any atom is 0.573 e. The highest BCUT2D eigenvalue weighted by molar-refractivity contribution is 5.69. The van der Waals surface area contributed by atoms with E-state index in [1.165, 1.54) is 31.1 Å². The molecule has 0 N–H and O–H groups in total. The van der Waals surface area contributed by atoms with E-state index < -0.39 is 12.5 Å². The number of carbonyl (C=O) groups excluding carboxylic acids is 1. The summed E-state index contributed by atoms with van der Waals surface area (Å²) in [7, 11) is 2.98. The molecule has 0 aliphatic heterocycles. The lowest BCUT2D eigenvalue weighted by molar-refractivity contribution is -0.274. The second-order valence-electron chi connectivity index (χ2n) is 3.28. The molecule has 0 atom stereocenters. The Kier molecular flexibility index (Phi) is 3.82. The Labute approximate surface area is 95.5 Å². The van der Waals surface area contributed by atoms with Gasteiger partial charge in [0.15, 0.2) is 0 Å². The van der Waals surface area contributed by atoms with Crippen molar-refractivity contribution in [2.24, 2.45) is 0 Å². The number of hydrogen-bond donors (Lipinski definition) is 0. The summed E-state index contributed by atoms with van der Waals surface area (Å²) < 4.78 is 44.0. The van der Waals surface area contributed by atoms with Crippen LogP contribution in [0.3, 0.4) is 0 Å². The minimum atomic E-state index is -4.73.